The number of nitrogens with one attached hydrogen (secondary N) is 1. The highest BCUT2D eigenvalue weighted by atomic mass is 79.9. The van der Waals surface area contributed by atoms with E-state index in [1.807, 2.05) is 18.2 Å². The Morgan fingerprint density at radius 1 is 1.41 bits per heavy atom. The molecule has 0 atom stereocenters. The second-order valence-corrected chi connectivity index (χ2v) is 5.06. The zero-order chi connectivity index (χ0) is 12.7. The Bertz CT molecular complexity index is 366. The van der Waals surface area contributed by atoms with Crippen molar-refractivity contribution in [3.05, 3.63) is 34.3 Å². The molecule has 0 radical (unpaired) electrons. The number of carbonyl (C=O) groups excluding carboxylic acids is 1. The highest BCUT2D eigenvalue weighted by Crippen LogP contribution is 2.15. The number of halogens is 1. The van der Waals surface area contributed by atoms with Crippen LogP contribution in [0.25, 0.3) is 0 Å². The van der Waals surface area contributed by atoms with Crippen LogP contribution in [0, 0.1) is 5.92 Å². The van der Waals surface area contributed by atoms with E-state index in [1.165, 1.54) is 0 Å². The summed E-state index contributed by atoms with van der Waals surface area (Å²) in [4.78, 5) is 11.8. The minimum atomic E-state index is -0.0781. The summed E-state index contributed by atoms with van der Waals surface area (Å²) in [6, 6.07) is 7.36. The van der Waals surface area contributed by atoms with Gasteiger partial charge in [0.1, 0.15) is 0 Å². The molecule has 0 aliphatic carbocycles. The predicted octanol–water partition coefficient (Wildman–Crippen LogP) is 2.85. The zero-order valence-corrected chi connectivity index (χ0v) is 11.8. The smallest absolute Gasteiger partial charge is 0.252 e. The molecule has 1 aromatic rings. The Morgan fingerprint density at radius 2 is 2.12 bits per heavy atom. The molecule has 0 aromatic heterocycles. The van der Waals surface area contributed by atoms with Crippen molar-refractivity contribution in [1.82, 2.24) is 5.32 Å². The van der Waals surface area contributed by atoms with Gasteiger partial charge in [0.25, 0.3) is 5.91 Å². The molecule has 1 amide bonds. The summed E-state index contributed by atoms with van der Waals surface area (Å²) in [5.74, 6) is 0.444. The molecule has 0 saturated carbocycles. The van der Waals surface area contributed by atoms with Crippen molar-refractivity contribution in [2.24, 2.45) is 5.92 Å². The van der Waals surface area contributed by atoms with Gasteiger partial charge in [0.2, 0.25) is 0 Å². The normalized spacial score (nSPS) is 10.6. The fourth-order valence-corrected chi connectivity index (χ4v) is 1.76. The van der Waals surface area contributed by atoms with E-state index in [1.54, 1.807) is 6.07 Å². The van der Waals surface area contributed by atoms with Gasteiger partial charge in [-0.05, 0) is 34.0 Å². The largest absolute Gasteiger partial charge is 0.379 e. The number of carbonyl (C=O) groups is 1. The first-order valence-corrected chi connectivity index (χ1v) is 6.51. The number of amides is 1. The predicted molar refractivity (Wildman–Crippen MR) is 72.1 cm³/mol. The van der Waals surface area contributed by atoms with Crippen LogP contribution < -0.4 is 5.32 Å². The van der Waals surface area contributed by atoms with E-state index >= 15 is 0 Å². The molecule has 3 nitrogen and oxygen atoms in total. The van der Waals surface area contributed by atoms with E-state index in [9.17, 15) is 4.79 Å². The third kappa shape index (κ3) is 5.33. The molecule has 0 unspecified atom stereocenters. The number of hydrogen-bond acceptors (Lipinski definition) is 2. The van der Waals surface area contributed by atoms with Crippen molar-refractivity contribution >= 4 is 21.8 Å². The standard InChI is InChI=1S/C13H18BrNO2/c1-10(2)9-17-8-7-15-13(16)11-5-3-4-6-12(11)14/h3-6,10H,7-9H2,1-2H3,(H,15,16). The molecule has 1 N–H and O–H groups in total. The highest BCUT2D eigenvalue weighted by molar-refractivity contribution is 9.10. The van der Waals surface area contributed by atoms with Gasteiger partial charge in [-0.15, -0.1) is 0 Å². The van der Waals surface area contributed by atoms with Gasteiger partial charge >= 0.3 is 0 Å². The number of benzene rings is 1. The Morgan fingerprint density at radius 3 is 2.76 bits per heavy atom. The van der Waals surface area contributed by atoms with Gasteiger partial charge < -0.3 is 10.1 Å². The first-order valence-electron chi connectivity index (χ1n) is 5.71. The third-order valence-corrected chi connectivity index (χ3v) is 2.79. The first kappa shape index (κ1) is 14.2. The van der Waals surface area contributed by atoms with Gasteiger partial charge in [-0.25, -0.2) is 0 Å². The zero-order valence-electron chi connectivity index (χ0n) is 10.2. The number of ether oxygens (including phenoxy) is 1. The van der Waals surface area contributed by atoms with Crippen LogP contribution in [0.5, 0.6) is 0 Å². The molecule has 0 fully saturated rings. The van der Waals surface area contributed by atoms with E-state index < -0.39 is 0 Å². The first-order chi connectivity index (χ1) is 8.11. The van der Waals surface area contributed by atoms with Gasteiger partial charge in [0, 0.05) is 17.6 Å². The maximum Gasteiger partial charge on any atom is 0.252 e. The van der Waals surface area contributed by atoms with Crippen molar-refractivity contribution in [1.29, 1.82) is 0 Å². The summed E-state index contributed by atoms with van der Waals surface area (Å²) in [6.45, 7) is 6.01. The lowest BCUT2D eigenvalue weighted by molar-refractivity contribution is 0.0885. The molecule has 1 rings (SSSR count). The van der Waals surface area contributed by atoms with Gasteiger partial charge in [-0.3, -0.25) is 4.79 Å². The molecule has 0 bridgehead atoms. The quantitative estimate of drug-likeness (QED) is 0.820. The molecular weight excluding hydrogens is 282 g/mol. The molecule has 1 aromatic carbocycles. The van der Waals surface area contributed by atoms with E-state index in [0.29, 0.717) is 24.6 Å². The number of hydrogen-bond donors (Lipinski definition) is 1. The second-order valence-electron chi connectivity index (χ2n) is 4.20. The molecule has 0 spiro atoms. The molecule has 0 saturated heterocycles. The topological polar surface area (TPSA) is 38.3 Å². The molecule has 94 valence electrons. The summed E-state index contributed by atoms with van der Waals surface area (Å²) in [7, 11) is 0. The van der Waals surface area contributed by atoms with Crippen molar-refractivity contribution in [3.8, 4) is 0 Å². The maximum atomic E-state index is 11.8. The van der Waals surface area contributed by atoms with Crippen LogP contribution in [0.2, 0.25) is 0 Å². The fraction of sp³-hybridized carbons (Fsp3) is 0.462. The van der Waals surface area contributed by atoms with Crippen LogP contribution >= 0.6 is 15.9 Å². The Hall–Kier alpha value is -0.870. The Balaban J connectivity index is 2.29. The summed E-state index contributed by atoms with van der Waals surface area (Å²) < 4.78 is 6.19. The summed E-state index contributed by atoms with van der Waals surface area (Å²) >= 11 is 3.35. The van der Waals surface area contributed by atoms with Gasteiger partial charge in [0.05, 0.1) is 12.2 Å². The molecule has 0 aliphatic heterocycles. The summed E-state index contributed by atoms with van der Waals surface area (Å²) in [5.41, 5.74) is 0.649. The molecular formula is C13H18BrNO2. The highest BCUT2D eigenvalue weighted by Gasteiger charge is 2.07. The van der Waals surface area contributed by atoms with Gasteiger partial charge in [-0.2, -0.15) is 0 Å². The average molecular weight is 300 g/mol. The van der Waals surface area contributed by atoms with Crippen LogP contribution in [-0.2, 0) is 4.74 Å². The lowest BCUT2D eigenvalue weighted by Gasteiger charge is -2.08. The minimum Gasteiger partial charge on any atom is -0.379 e. The van der Waals surface area contributed by atoms with Crippen LogP contribution in [-0.4, -0.2) is 25.7 Å². The van der Waals surface area contributed by atoms with Gasteiger partial charge in [-0.1, -0.05) is 26.0 Å². The lowest BCUT2D eigenvalue weighted by atomic mass is 10.2. The van der Waals surface area contributed by atoms with Crippen molar-refractivity contribution in [2.75, 3.05) is 19.8 Å². The molecule has 4 heteroatoms. The molecule has 0 aliphatic rings. The monoisotopic (exact) mass is 299 g/mol. The summed E-state index contributed by atoms with van der Waals surface area (Å²) in [6.07, 6.45) is 0. The number of rotatable bonds is 6. The average Bonchev–Trinajstić information content (AvgIpc) is 2.28. The van der Waals surface area contributed by atoms with Crippen molar-refractivity contribution < 1.29 is 9.53 Å². The van der Waals surface area contributed by atoms with Gasteiger partial charge in [0.15, 0.2) is 0 Å². The Labute approximate surface area is 111 Å². The minimum absolute atomic E-state index is 0.0781. The van der Waals surface area contributed by atoms with Crippen LogP contribution in [0.1, 0.15) is 24.2 Å². The lowest BCUT2D eigenvalue weighted by Crippen LogP contribution is -2.27. The third-order valence-electron chi connectivity index (χ3n) is 2.10. The van der Waals surface area contributed by atoms with E-state index in [-0.39, 0.29) is 5.91 Å². The maximum absolute atomic E-state index is 11.8. The second kappa shape index (κ2) is 7.45. The SMILES string of the molecule is CC(C)COCCNC(=O)c1ccccc1Br. The Kier molecular flexibility index (Phi) is 6.22. The molecule has 0 heterocycles. The van der Waals surface area contributed by atoms with E-state index in [2.05, 4.69) is 35.1 Å². The summed E-state index contributed by atoms with van der Waals surface area (Å²) in [5, 5.41) is 2.82. The van der Waals surface area contributed by atoms with E-state index in [4.69, 9.17) is 4.74 Å². The van der Waals surface area contributed by atoms with Crippen molar-refractivity contribution in [2.45, 2.75) is 13.8 Å². The van der Waals surface area contributed by atoms with Crippen LogP contribution in [0.4, 0.5) is 0 Å². The van der Waals surface area contributed by atoms with E-state index in [0.717, 1.165) is 11.1 Å². The van der Waals surface area contributed by atoms with Crippen molar-refractivity contribution in [3.63, 3.8) is 0 Å². The fourth-order valence-electron chi connectivity index (χ4n) is 1.30. The molecule has 17 heavy (non-hydrogen) atoms. The van der Waals surface area contributed by atoms with Crippen LogP contribution in [0.15, 0.2) is 28.7 Å². The van der Waals surface area contributed by atoms with Crippen LogP contribution in [0.3, 0.4) is 0 Å².